The SMILES string of the molecule is COc1ccc(-n2c(SCC(=O)NN=Cc3ccc(Cl)c(Cl)c3)nnc2-c2ccc(C(C)(C)C)cc2)cc1. The van der Waals surface area contributed by atoms with Gasteiger partial charge in [-0.25, -0.2) is 5.43 Å². The molecule has 0 radical (unpaired) electrons. The molecule has 0 saturated heterocycles. The molecule has 4 aromatic rings. The normalized spacial score (nSPS) is 11.6. The molecule has 0 aliphatic carbocycles. The Labute approximate surface area is 236 Å². The highest BCUT2D eigenvalue weighted by Gasteiger charge is 2.19. The summed E-state index contributed by atoms with van der Waals surface area (Å²) in [5, 5.41) is 14.3. The van der Waals surface area contributed by atoms with Gasteiger partial charge in [0, 0.05) is 11.3 Å². The lowest BCUT2D eigenvalue weighted by atomic mass is 9.87. The Hall–Kier alpha value is -3.33. The molecular formula is C28H27Cl2N5O2S. The molecule has 1 heterocycles. The van der Waals surface area contributed by atoms with Crippen molar-refractivity contribution >= 4 is 47.1 Å². The summed E-state index contributed by atoms with van der Waals surface area (Å²) >= 11 is 13.2. The van der Waals surface area contributed by atoms with E-state index >= 15 is 0 Å². The van der Waals surface area contributed by atoms with Gasteiger partial charge in [-0.05, 0) is 52.9 Å². The highest BCUT2D eigenvalue weighted by atomic mass is 35.5. The first-order valence-electron chi connectivity index (χ1n) is 11.8. The van der Waals surface area contributed by atoms with Crippen molar-refractivity contribution in [3.8, 4) is 22.8 Å². The predicted molar refractivity (Wildman–Crippen MR) is 155 cm³/mol. The number of hydrogen-bond acceptors (Lipinski definition) is 6. The monoisotopic (exact) mass is 567 g/mol. The van der Waals surface area contributed by atoms with Crippen molar-refractivity contribution < 1.29 is 9.53 Å². The first-order valence-corrected chi connectivity index (χ1v) is 13.5. The van der Waals surface area contributed by atoms with Crippen LogP contribution < -0.4 is 10.2 Å². The molecule has 1 aromatic heterocycles. The van der Waals surface area contributed by atoms with Crippen LogP contribution in [0.15, 0.2) is 77.0 Å². The summed E-state index contributed by atoms with van der Waals surface area (Å²) in [6, 6.07) is 21.0. The van der Waals surface area contributed by atoms with Crippen LogP contribution in [0.5, 0.6) is 5.75 Å². The first-order chi connectivity index (χ1) is 18.2. The minimum Gasteiger partial charge on any atom is -0.497 e. The third-order valence-corrected chi connectivity index (χ3v) is 7.32. The van der Waals surface area contributed by atoms with E-state index in [4.69, 9.17) is 27.9 Å². The topological polar surface area (TPSA) is 81.4 Å². The number of ether oxygens (including phenoxy) is 1. The molecule has 0 spiro atoms. The van der Waals surface area contributed by atoms with Gasteiger partial charge >= 0.3 is 0 Å². The maximum absolute atomic E-state index is 12.5. The Morgan fingerprint density at radius 1 is 1.03 bits per heavy atom. The van der Waals surface area contributed by atoms with E-state index in [1.807, 2.05) is 41.0 Å². The minimum absolute atomic E-state index is 0.0405. The Morgan fingerprint density at radius 2 is 1.74 bits per heavy atom. The highest BCUT2D eigenvalue weighted by molar-refractivity contribution is 7.99. The largest absolute Gasteiger partial charge is 0.497 e. The molecule has 10 heteroatoms. The molecule has 0 bridgehead atoms. The number of nitrogens with zero attached hydrogens (tertiary/aromatic N) is 4. The van der Waals surface area contributed by atoms with Gasteiger partial charge in [-0.3, -0.25) is 9.36 Å². The van der Waals surface area contributed by atoms with E-state index in [1.165, 1.54) is 23.5 Å². The molecule has 1 N–H and O–H groups in total. The molecule has 0 fully saturated rings. The van der Waals surface area contributed by atoms with Crippen LogP contribution in [-0.4, -0.2) is 39.7 Å². The fraction of sp³-hybridized carbons (Fsp3) is 0.214. The van der Waals surface area contributed by atoms with Crippen molar-refractivity contribution in [2.24, 2.45) is 5.10 Å². The van der Waals surface area contributed by atoms with Gasteiger partial charge in [-0.15, -0.1) is 10.2 Å². The Bertz CT molecular complexity index is 1450. The molecular weight excluding hydrogens is 541 g/mol. The number of carbonyl (C=O) groups is 1. The summed E-state index contributed by atoms with van der Waals surface area (Å²) < 4.78 is 7.24. The van der Waals surface area contributed by atoms with E-state index in [0.29, 0.717) is 26.6 Å². The zero-order valence-electron chi connectivity index (χ0n) is 21.4. The average Bonchev–Trinajstić information content (AvgIpc) is 3.33. The van der Waals surface area contributed by atoms with Gasteiger partial charge in [0.25, 0.3) is 5.91 Å². The molecule has 0 unspecified atom stereocenters. The number of amides is 1. The van der Waals surface area contributed by atoms with Crippen LogP contribution >= 0.6 is 35.0 Å². The maximum atomic E-state index is 12.5. The molecule has 0 saturated carbocycles. The van der Waals surface area contributed by atoms with Crippen molar-refractivity contribution in [1.82, 2.24) is 20.2 Å². The fourth-order valence-corrected chi connectivity index (χ4v) is 4.62. The van der Waals surface area contributed by atoms with Gasteiger partial charge in [0.1, 0.15) is 5.75 Å². The Morgan fingerprint density at radius 3 is 2.37 bits per heavy atom. The fourth-order valence-electron chi connectivity index (χ4n) is 3.57. The molecule has 0 aliphatic heterocycles. The number of rotatable bonds is 8. The molecule has 1 amide bonds. The second-order valence-electron chi connectivity index (χ2n) is 9.42. The number of benzene rings is 3. The smallest absolute Gasteiger partial charge is 0.250 e. The predicted octanol–water partition coefficient (Wildman–Crippen LogP) is 6.79. The Balaban J connectivity index is 1.54. The van der Waals surface area contributed by atoms with Crippen molar-refractivity contribution in [2.75, 3.05) is 12.9 Å². The summed E-state index contributed by atoms with van der Waals surface area (Å²) in [6.45, 7) is 6.53. The Kier molecular flexibility index (Phi) is 8.76. The van der Waals surface area contributed by atoms with Crippen LogP contribution in [-0.2, 0) is 10.2 Å². The quantitative estimate of drug-likeness (QED) is 0.144. The molecule has 3 aromatic carbocycles. The van der Waals surface area contributed by atoms with Crippen LogP contribution in [0.2, 0.25) is 10.0 Å². The molecule has 196 valence electrons. The third kappa shape index (κ3) is 6.75. The zero-order valence-corrected chi connectivity index (χ0v) is 23.7. The summed E-state index contributed by atoms with van der Waals surface area (Å²) in [7, 11) is 1.62. The van der Waals surface area contributed by atoms with Crippen LogP contribution in [0.4, 0.5) is 0 Å². The van der Waals surface area contributed by atoms with E-state index in [1.54, 1.807) is 25.3 Å². The molecule has 0 atom stereocenters. The lowest BCUT2D eigenvalue weighted by Crippen LogP contribution is -2.20. The number of hydrazone groups is 1. The van der Waals surface area contributed by atoms with E-state index in [9.17, 15) is 4.79 Å². The molecule has 38 heavy (non-hydrogen) atoms. The van der Waals surface area contributed by atoms with E-state index in [2.05, 4.69) is 53.6 Å². The number of thioether (sulfide) groups is 1. The number of halogens is 2. The van der Waals surface area contributed by atoms with Gasteiger partial charge in [-0.1, -0.05) is 86.1 Å². The average molecular weight is 569 g/mol. The lowest BCUT2D eigenvalue weighted by molar-refractivity contribution is -0.118. The van der Waals surface area contributed by atoms with Crippen molar-refractivity contribution in [2.45, 2.75) is 31.3 Å². The van der Waals surface area contributed by atoms with Gasteiger partial charge in [-0.2, -0.15) is 5.10 Å². The molecule has 7 nitrogen and oxygen atoms in total. The number of hydrogen-bond donors (Lipinski definition) is 1. The van der Waals surface area contributed by atoms with Crippen LogP contribution in [0.1, 0.15) is 31.9 Å². The minimum atomic E-state index is -0.285. The third-order valence-electron chi connectivity index (χ3n) is 5.65. The van der Waals surface area contributed by atoms with Gasteiger partial charge in [0.05, 0.1) is 29.1 Å². The second-order valence-corrected chi connectivity index (χ2v) is 11.2. The van der Waals surface area contributed by atoms with Gasteiger partial charge in [0.2, 0.25) is 0 Å². The molecule has 0 aliphatic rings. The van der Waals surface area contributed by atoms with E-state index in [-0.39, 0.29) is 17.1 Å². The lowest BCUT2D eigenvalue weighted by Gasteiger charge is -2.19. The van der Waals surface area contributed by atoms with Crippen molar-refractivity contribution in [3.63, 3.8) is 0 Å². The van der Waals surface area contributed by atoms with Gasteiger partial charge < -0.3 is 4.74 Å². The maximum Gasteiger partial charge on any atom is 0.250 e. The summed E-state index contributed by atoms with van der Waals surface area (Å²) in [6.07, 6.45) is 1.50. The number of nitrogens with one attached hydrogen (secondary N) is 1. The molecule has 4 rings (SSSR count). The summed E-state index contributed by atoms with van der Waals surface area (Å²) in [5.41, 5.74) is 6.28. The van der Waals surface area contributed by atoms with E-state index in [0.717, 1.165) is 17.0 Å². The van der Waals surface area contributed by atoms with Crippen LogP contribution in [0, 0.1) is 0 Å². The number of carbonyl (C=O) groups excluding carboxylic acids is 1. The standard InChI is InChI=1S/C28H27Cl2N5O2S/c1-28(2,3)20-8-6-19(7-9-20)26-33-34-27(35(26)21-10-12-22(37-4)13-11-21)38-17-25(36)32-31-16-18-5-14-23(29)24(30)15-18/h5-16H,17H2,1-4H3,(H,32,36). The number of methoxy groups -OCH3 is 1. The van der Waals surface area contributed by atoms with Gasteiger partial charge in [0.15, 0.2) is 11.0 Å². The van der Waals surface area contributed by atoms with Crippen molar-refractivity contribution in [1.29, 1.82) is 0 Å². The zero-order chi connectivity index (χ0) is 27.3. The summed E-state index contributed by atoms with van der Waals surface area (Å²) in [4.78, 5) is 12.5. The first kappa shape index (κ1) is 27.7. The van der Waals surface area contributed by atoms with Crippen LogP contribution in [0.3, 0.4) is 0 Å². The second kappa shape index (κ2) is 12.0. The number of aromatic nitrogens is 3. The van der Waals surface area contributed by atoms with Crippen LogP contribution in [0.25, 0.3) is 17.1 Å². The highest BCUT2D eigenvalue weighted by Crippen LogP contribution is 2.31. The van der Waals surface area contributed by atoms with Crippen molar-refractivity contribution in [3.05, 3.63) is 87.9 Å². The van der Waals surface area contributed by atoms with E-state index < -0.39 is 0 Å². The summed E-state index contributed by atoms with van der Waals surface area (Å²) in [5.74, 6) is 1.23.